The van der Waals surface area contributed by atoms with Gasteiger partial charge in [0.2, 0.25) is 10.0 Å². The molecule has 0 aromatic heterocycles. The minimum absolute atomic E-state index is 0.00895. The fourth-order valence-corrected chi connectivity index (χ4v) is 3.51. The topological polar surface area (TPSA) is 72.2 Å². The largest absolute Gasteiger partial charge is 0.326 e. The standard InChI is InChI=1S/C13H19FN2O2S/c1-13(5-2-6-13)9-16-19(17,18)12-7-10(8-15)3-4-11(12)14/h3-4,7,16H,2,5-6,8-9,15H2,1H3. The van der Waals surface area contributed by atoms with E-state index in [0.717, 1.165) is 25.3 Å². The summed E-state index contributed by atoms with van der Waals surface area (Å²) < 4.78 is 40.4. The van der Waals surface area contributed by atoms with Crippen LogP contribution in [0.4, 0.5) is 4.39 Å². The first-order valence-electron chi connectivity index (χ1n) is 6.34. The highest BCUT2D eigenvalue weighted by Crippen LogP contribution is 2.39. The number of hydrogen-bond acceptors (Lipinski definition) is 3. The van der Waals surface area contributed by atoms with E-state index >= 15 is 0 Å². The highest BCUT2D eigenvalue weighted by molar-refractivity contribution is 7.89. The molecule has 1 aliphatic carbocycles. The Labute approximate surface area is 113 Å². The highest BCUT2D eigenvalue weighted by Gasteiger charge is 2.33. The van der Waals surface area contributed by atoms with Crippen LogP contribution in [0, 0.1) is 11.2 Å². The lowest BCUT2D eigenvalue weighted by atomic mass is 9.71. The lowest BCUT2D eigenvalue weighted by Crippen LogP contribution is -2.40. The second kappa shape index (κ2) is 5.19. The molecule has 0 radical (unpaired) electrons. The van der Waals surface area contributed by atoms with Crippen molar-refractivity contribution in [2.24, 2.45) is 11.1 Å². The summed E-state index contributed by atoms with van der Waals surface area (Å²) in [5.74, 6) is -0.747. The van der Waals surface area contributed by atoms with E-state index in [4.69, 9.17) is 5.73 Å². The van der Waals surface area contributed by atoms with Crippen LogP contribution in [0.25, 0.3) is 0 Å². The third kappa shape index (κ3) is 3.13. The van der Waals surface area contributed by atoms with E-state index in [-0.39, 0.29) is 16.9 Å². The molecule has 3 N–H and O–H groups in total. The minimum Gasteiger partial charge on any atom is -0.326 e. The van der Waals surface area contributed by atoms with Crippen LogP contribution in [0.5, 0.6) is 0 Å². The fraction of sp³-hybridized carbons (Fsp3) is 0.538. The number of nitrogens with two attached hydrogens (primary N) is 1. The summed E-state index contributed by atoms with van der Waals surface area (Å²) in [7, 11) is -3.81. The van der Waals surface area contributed by atoms with Gasteiger partial charge in [0.25, 0.3) is 0 Å². The molecule has 106 valence electrons. The van der Waals surface area contributed by atoms with E-state index in [0.29, 0.717) is 12.1 Å². The van der Waals surface area contributed by atoms with Crippen molar-refractivity contribution in [3.63, 3.8) is 0 Å². The summed E-state index contributed by atoms with van der Waals surface area (Å²) in [5.41, 5.74) is 6.05. The Hall–Kier alpha value is -0.980. The molecule has 0 saturated heterocycles. The number of benzene rings is 1. The van der Waals surface area contributed by atoms with Gasteiger partial charge in [0.1, 0.15) is 10.7 Å². The Morgan fingerprint density at radius 2 is 2.11 bits per heavy atom. The third-order valence-electron chi connectivity index (χ3n) is 3.77. The molecule has 0 bridgehead atoms. The molecule has 1 aromatic rings. The van der Waals surface area contributed by atoms with Gasteiger partial charge in [0.15, 0.2) is 0 Å². The van der Waals surface area contributed by atoms with Crippen LogP contribution < -0.4 is 10.5 Å². The summed E-state index contributed by atoms with van der Waals surface area (Å²) in [5, 5.41) is 0. The van der Waals surface area contributed by atoms with Crippen LogP contribution in [-0.2, 0) is 16.6 Å². The maximum Gasteiger partial charge on any atom is 0.243 e. The van der Waals surface area contributed by atoms with Gasteiger partial charge in [-0.2, -0.15) is 0 Å². The first-order chi connectivity index (χ1) is 8.86. The van der Waals surface area contributed by atoms with Crippen molar-refractivity contribution in [1.82, 2.24) is 4.72 Å². The van der Waals surface area contributed by atoms with Crippen LogP contribution in [-0.4, -0.2) is 15.0 Å². The zero-order chi connectivity index (χ0) is 14.1. The first kappa shape index (κ1) is 14.4. The second-order valence-electron chi connectivity index (χ2n) is 5.46. The van der Waals surface area contributed by atoms with Crippen molar-refractivity contribution < 1.29 is 12.8 Å². The molecule has 0 aliphatic heterocycles. The van der Waals surface area contributed by atoms with Crippen LogP contribution in [0.15, 0.2) is 23.1 Å². The summed E-state index contributed by atoms with van der Waals surface area (Å²) in [6.07, 6.45) is 3.12. The molecule has 6 heteroatoms. The van der Waals surface area contributed by atoms with Crippen molar-refractivity contribution in [2.75, 3.05) is 6.54 Å². The molecular formula is C13H19FN2O2S. The monoisotopic (exact) mass is 286 g/mol. The molecule has 2 rings (SSSR count). The Morgan fingerprint density at radius 1 is 1.42 bits per heavy atom. The molecule has 1 aromatic carbocycles. The predicted molar refractivity (Wildman–Crippen MR) is 71.4 cm³/mol. The Morgan fingerprint density at radius 3 is 2.63 bits per heavy atom. The van der Waals surface area contributed by atoms with Crippen molar-refractivity contribution >= 4 is 10.0 Å². The zero-order valence-electron chi connectivity index (χ0n) is 10.9. The van der Waals surface area contributed by atoms with Crippen molar-refractivity contribution in [3.05, 3.63) is 29.6 Å². The number of rotatable bonds is 5. The predicted octanol–water partition coefficient (Wildman–Crippen LogP) is 1.75. The Kier molecular flexibility index (Phi) is 3.94. The van der Waals surface area contributed by atoms with Gasteiger partial charge in [-0.05, 0) is 36.0 Å². The average molecular weight is 286 g/mol. The van der Waals surface area contributed by atoms with E-state index in [9.17, 15) is 12.8 Å². The van der Waals surface area contributed by atoms with Gasteiger partial charge >= 0.3 is 0 Å². The van der Waals surface area contributed by atoms with Crippen molar-refractivity contribution in [2.45, 2.75) is 37.6 Å². The third-order valence-corrected chi connectivity index (χ3v) is 5.19. The van der Waals surface area contributed by atoms with Crippen LogP contribution in [0.1, 0.15) is 31.7 Å². The molecule has 0 unspecified atom stereocenters. The van der Waals surface area contributed by atoms with E-state index in [1.165, 1.54) is 12.1 Å². The van der Waals surface area contributed by atoms with Gasteiger partial charge in [-0.3, -0.25) is 0 Å². The quantitative estimate of drug-likeness (QED) is 0.866. The number of sulfonamides is 1. The molecular weight excluding hydrogens is 267 g/mol. The number of hydrogen-bond donors (Lipinski definition) is 2. The molecule has 1 saturated carbocycles. The highest BCUT2D eigenvalue weighted by atomic mass is 32.2. The molecule has 0 amide bonds. The van der Waals surface area contributed by atoms with Gasteiger partial charge < -0.3 is 5.73 Å². The van der Waals surface area contributed by atoms with Gasteiger partial charge in [-0.1, -0.05) is 19.4 Å². The smallest absolute Gasteiger partial charge is 0.243 e. The number of nitrogens with one attached hydrogen (secondary N) is 1. The van der Waals surface area contributed by atoms with Gasteiger partial charge in [-0.15, -0.1) is 0 Å². The lowest BCUT2D eigenvalue weighted by molar-refractivity contribution is 0.166. The zero-order valence-corrected chi connectivity index (χ0v) is 11.8. The molecule has 19 heavy (non-hydrogen) atoms. The van der Waals surface area contributed by atoms with E-state index in [1.807, 2.05) is 6.92 Å². The van der Waals surface area contributed by atoms with Crippen LogP contribution in [0.2, 0.25) is 0 Å². The Bertz CT molecular complexity index is 568. The fourth-order valence-electron chi connectivity index (χ4n) is 2.18. The maximum absolute atomic E-state index is 13.7. The van der Waals surface area contributed by atoms with Crippen molar-refractivity contribution in [1.29, 1.82) is 0 Å². The lowest BCUT2D eigenvalue weighted by Gasteiger charge is -2.38. The van der Waals surface area contributed by atoms with Gasteiger partial charge in [0.05, 0.1) is 0 Å². The molecule has 0 spiro atoms. The summed E-state index contributed by atoms with van der Waals surface area (Å²) in [4.78, 5) is -0.321. The van der Waals surface area contributed by atoms with Crippen LogP contribution in [0.3, 0.4) is 0 Å². The molecule has 1 fully saturated rings. The molecule has 0 heterocycles. The average Bonchev–Trinajstić information content (AvgIpc) is 2.34. The van der Waals surface area contributed by atoms with E-state index < -0.39 is 15.8 Å². The van der Waals surface area contributed by atoms with E-state index in [1.54, 1.807) is 0 Å². The normalized spacial score (nSPS) is 18.1. The van der Waals surface area contributed by atoms with Crippen molar-refractivity contribution in [3.8, 4) is 0 Å². The first-order valence-corrected chi connectivity index (χ1v) is 7.83. The SMILES string of the molecule is CC1(CNS(=O)(=O)c2cc(CN)ccc2F)CCC1. The van der Waals surface area contributed by atoms with Gasteiger partial charge in [-0.25, -0.2) is 17.5 Å². The summed E-state index contributed by atoms with van der Waals surface area (Å²) >= 11 is 0. The summed E-state index contributed by atoms with van der Waals surface area (Å²) in [6, 6.07) is 3.92. The maximum atomic E-state index is 13.7. The molecule has 1 aliphatic rings. The Balaban J connectivity index is 2.18. The van der Waals surface area contributed by atoms with E-state index in [2.05, 4.69) is 4.72 Å². The van der Waals surface area contributed by atoms with Crippen LogP contribution >= 0.6 is 0 Å². The minimum atomic E-state index is -3.81. The molecule has 4 nitrogen and oxygen atoms in total. The van der Waals surface area contributed by atoms with Gasteiger partial charge in [0, 0.05) is 13.1 Å². The summed E-state index contributed by atoms with van der Waals surface area (Å²) in [6.45, 7) is 2.56. The number of halogens is 1. The molecule has 0 atom stereocenters. The second-order valence-corrected chi connectivity index (χ2v) is 7.19.